The summed E-state index contributed by atoms with van der Waals surface area (Å²) in [6.45, 7) is 12.0. The Labute approximate surface area is 652 Å². The number of benzene rings is 3. The molecule has 0 bridgehead atoms. The van der Waals surface area contributed by atoms with Gasteiger partial charge in [0.05, 0.1) is 114 Å². The van der Waals surface area contributed by atoms with E-state index in [-0.39, 0.29) is 51.2 Å². The molecule has 588 valence electrons. The van der Waals surface area contributed by atoms with Crippen LogP contribution in [-0.4, -0.2) is 194 Å². The van der Waals surface area contributed by atoms with Crippen molar-refractivity contribution >= 4 is 17.5 Å². The molecule has 33 nitrogen and oxygen atoms in total. The molecular weight excluding hydrogens is 1440 g/mol. The Morgan fingerprint density at radius 3 is 0.850 bits per heavy atom. The van der Waals surface area contributed by atoms with Gasteiger partial charge in [0, 0.05) is 110 Å². The molecule has 15 rings (SSSR count). The van der Waals surface area contributed by atoms with Crippen molar-refractivity contribution < 1.29 is 28.4 Å². The molecule has 33 heteroatoms. The van der Waals surface area contributed by atoms with Gasteiger partial charge in [-0.25, -0.2) is 44.9 Å². The maximum Gasteiger partial charge on any atom is 0.276 e. The minimum atomic E-state index is -0.277. The van der Waals surface area contributed by atoms with E-state index in [9.17, 15) is 14.4 Å². The first kappa shape index (κ1) is 78.4. The van der Waals surface area contributed by atoms with E-state index < -0.39 is 0 Å². The molecule has 12 aromatic rings. The first-order chi connectivity index (χ1) is 54.4. The highest BCUT2D eigenvalue weighted by molar-refractivity contribution is 5.77. The lowest BCUT2D eigenvalue weighted by Gasteiger charge is -2.29. The second-order valence-corrected chi connectivity index (χ2v) is 28.3. The van der Waals surface area contributed by atoms with Crippen LogP contribution in [-0.2, 0) is 21.1 Å². The van der Waals surface area contributed by atoms with Crippen molar-refractivity contribution in [1.29, 1.82) is 0 Å². The van der Waals surface area contributed by atoms with Crippen LogP contribution >= 0.6 is 0 Å². The molecule has 0 atom stereocenters. The molecule has 0 spiro atoms. The summed E-state index contributed by atoms with van der Waals surface area (Å²) < 4.78 is 42.8. The predicted octanol–water partition coefficient (Wildman–Crippen LogP) is 8.48. The lowest BCUT2D eigenvalue weighted by molar-refractivity contribution is 0.212. The monoisotopic (exact) mass is 1530 g/mol. The molecular formula is C80H94N24O9. The molecule has 3 saturated heterocycles. The van der Waals surface area contributed by atoms with E-state index in [1.807, 2.05) is 53.4 Å². The molecule has 0 aliphatic carbocycles. The van der Waals surface area contributed by atoms with Crippen molar-refractivity contribution in [2.24, 2.45) is 21.1 Å². The molecule has 0 saturated carbocycles. The highest BCUT2D eigenvalue weighted by Crippen LogP contribution is 2.37. The second kappa shape index (κ2) is 33.8. The average Bonchev–Trinajstić information content (AvgIpc) is 1.54. The summed E-state index contributed by atoms with van der Waals surface area (Å²) >= 11 is 0. The molecule has 12 heterocycles. The number of hydrogen-bond donors (Lipinski definition) is 4. The van der Waals surface area contributed by atoms with Gasteiger partial charge in [-0.15, -0.1) is 0 Å². The largest absolute Gasteiger partial charge is 0.497 e. The van der Waals surface area contributed by atoms with Crippen LogP contribution < -0.4 is 67.6 Å². The number of ether oxygens (including phenoxy) is 6. The number of anilines is 3. The van der Waals surface area contributed by atoms with Crippen molar-refractivity contribution in [2.45, 2.75) is 77.4 Å². The molecule has 3 fully saturated rings. The summed E-state index contributed by atoms with van der Waals surface area (Å²) in [5.41, 5.74) is 29.9. The standard InChI is InChI=1S/2C27H32N8O3.C26H30N8O3/c2*1-16-21(14-35(32-16)18-6-8-33(2)9-7-18)22-13-29-26(28)25(30-22)23-15-34(3)27(36)24(31-23)17-10-19(37-4)12-20(11-17)38-5;1-15-20(13-34(32-15)17-5-7-28-8-6-17)21-12-29-25(27)24(30-21)22-14-33(2)26(35)23(31-22)16-9-18(36-3)11-19(10-16)37-4/h2*10-15,18H,6-9H2,1-5H3,(H2,28,29);9-14,17,28H,5-8H2,1-4H3,(H2,27,29). The smallest absolute Gasteiger partial charge is 0.276 e. The number of piperidine rings is 3. The maximum atomic E-state index is 13.1. The molecule has 0 radical (unpaired) electrons. The van der Waals surface area contributed by atoms with Crippen LogP contribution in [0.3, 0.4) is 0 Å². The first-order valence-corrected chi connectivity index (χ1v) is 37.0. The molecule has 3 aliphatic heterocycles. The van der Waals surface area contributed by atoms with Crippen LogP contribution in [0, 0.1) is 20.8 Å². The highest BCUT2D eigenvalue weighted by Gasteiger charge is 2.28. The van der Waals surface area contributed by atoms with E-state index in [0.29, 0.717) is 121 Å². The van der Waals surface area contributed by atoms with Gasteiger partial charge in [-0.05, 0) is 149 Å². The number of nitrogens with one attached hydrogen (secondary N) is 1. The number of methoxy groups -OCH3 is 6. The van der Waals surface area contributed by atoms with Crippen molar-refractivity contribution in [3.8, 4) is 136 Å². The first-order valence-electron chi connectivity index (χ1n) is 37.0. The van der Waals surface area contributed by atoms with Crippen LogP contribution in [0.2, 0.25) is 0 Å². The Kier molecular flexibility index (Phi) is 23.5. The molecule has 3 aromatic carbocycles. The Hall–Kier alpha value is -12.8. The normalized spacial score (nSPS) is 14.4. The third kappa shape index (κ3) is 17.1. The Bertz CT molecular complexity index is 5370. The second-order valence-electron chi connectivity index (χ2n) is 28.3. The van der Waals surface area contributed by atoms with Gasteiger partial charge in [0.1, 0.15) is 85.7 Å². The van der Waals surface area contributed by atoms with E-state index >= 15 is 0 Å². The maximum absolute atomic E-state index is 13.1. The molecule has 0 amide bonds. The summed E-state index contributed by atoms with van der Waals surface area (Å²) in [4.78, 5) is 85.7. The van der Waals surface area contributed by atoms with Gasteiger partial charge in [-0.3, -0.25) is 28.4 Å². The van der Waals surface area contributed by atoms with Crippen molar-refractivity contribution in [2.75, 3.05) is 113 Å². The van der Waals surface area contributed by atoms with Gasteiger partial charge in [0.2, 0.25) is 0 Å². The summed E-state index contributed by atoms with van der Waals surface area (Å²) in [6, 6.07) is 16.7. The summed E-state index contributed by atoms with van der Waals surface area (Å²) in [5, 5.41) is 17.7. The Balaban J connectivity index is 0.000000148. The van der Waals surface area contributed by atoms with E-state index in [2.05, 4.69) is 59.1 Å². The van der Waals surface area contributed by atoms with Gasteiger partial charge < -0.3 is 74.4 Å². The number of nitrogen functional groups attached to an aromatic ring is 3. The lowest BCUT2D eigenvalue weighted by Crippen LogP contribution is -2.31. The fraction of sp³-hybridized carbons (Fsp3) is 0.362. The van der Waals surface area contributed by atoms with E-state index in [1.54, 1.807) is 156 Å². The molecule has 113 heavy (non-hydrogen) atoms. The minimum Gasteiger partial charge on any atom is -0.497 e. The van der Waals surface area contributed by atoms with Crippen molar-refractivity contribution in [1.82, 2.24) is 103 Å². The van der Waals surface area contributed by atoms with Crippen LogP contribution in [0.5, 0.6) is 34.5 Å². The van der Waals surface area contributed by atoms with Gasteiger partial charge in [-0.2, -0.15) is 15.3 Å². The van der Waals surface area contributed by atoms with Crippen LogP contribution in [0.1, 0.15) is 73.7 Å². The van der Waals surface area contributed by atoms with E-state index in [4.69, 9.17) is 75.9 Å². The predicted molar refractivity (Wildman–Crippen MR) is 431 cm³/mol. The number of likely N-dealkylation sites (tertiary alicyclic amines) is 2. The number of nitrogens with zero attached hydrogens (tertiary/aromatic N) is 20. The number of nitrogens with two attached hydrogens (primary N) is 3. The van der Waals surface area contributed by atoms with Gasteiger partial charge >= 0.3 is 0 Å². The van der Waals surface area contributed by atoms with E-state index in [0.717, 1.165) is 112 Å². The molecule has 9 aromatic heterocycles. The summed E-state index contributed by atoms with van der Waals surface area (Å²) in [6.07, 6.45) is 22.1. The minimum absolute atomic E-state index is 0.215. The zero-order valence-corrected chi connectivity index (χ0v) is 66.0. The number of rotatable bonds is 18. The van der Waals surface area contributed by atoms with Gasteiger partial charge in [0.15, 0.2) is 17.5 Å². The number of aryl methyl sites for hydroxylation is 6. The molecule has 0 unspecified atom stereocenters. The Morgan fingerprint density at radius 2 is 0.593 bits per heavy atom. The van der Waals surface area contributed by atoms with Crippen molar-refractivity contribution in [3.05, 3.63) is 159 Å². The summed E-state index contributed by atoms with van der Waals surface area (Å²) in [7, 11) is 18.6. The highest BCUT2D eigenvalue weighted by atomic mass is 16.5. The third-order valence-electron chi connectivity index (χ3n) is 20.6. The molecule has 7 N–H and O–H groups in total. The quantitative estimate of drug-likeness (QED) is 0.0625. The zero-order chi connectivity index (χ0) is 80.1. The number of aromatic nitrogens is 18. The van der Waals surface area contributed by atoms with E-state index in [1.165, 1.54) is 13.7 Å². The van der Waals surface area contributed by atoms with Crippen LogP contribution in [0.15, 0.2) is 125 Å². The summed E-state index contributed by atoms with van der Waals surface area (Å²) in [5.74, 6) is 3.94. The SMILES string of the molecule is COc1cc(OC)cc(-c2nc(-c3nc(-c4cn(C5CCN(C)CC5)nc4C)cnc3N)cn(C)c2=O)c1.COc1cc(OC)cc(-c2nc(-c3nc(-c4cn(C5CCN(C)CC5)nc4C)cnc3N)cn(C)c2=O)c1.COc1cc(OC)cc(-c2nc(-c3nc(-c4cn(C5CCNCC5)nc4C)cnc3N)cn(C)c2=O)c1. The van der Waals surface area contributed by atoms with Crippen molar-refractivity contribution in [3.63, 3.8) is 0 Å². The third-order valence-corrected chi connectivity index (χ3v) is 20.6. The fourth-order valence-corrected chi connectivity index (χ4v) is 14.1. The van der Waals surface area contributed by atoms with Gasteiger partial charge in [0.25, 0.3) is 16.7 Å². The van der Waals surface area contributed by atoms with Crippen LogP contribution in [0.4, 0.5) is 17.5 Å². The average molecular weight is 1540 g/mol. The van der Waals surface area contributed by atoms with Crippen LogP contribution in [0.25, 0.3) is 102 Å². The Morgan fingerprint density at radius 1 is 0.345 bits per heavy atom. The lowest BCUT2D eigenvalue weighted by atomic mass is 10.1. The fourth-order valence-electron chi connectivity index (χ4n) is 14.1. The number of hydrogen-bond acceptors (Lipinski definition) is 27. The van der Waals surface area contributed by atoms with Gasteiger partial charge in [-0.1, -0.05) is 0 Å². The topological polar surface area (TPSA) is 387 Å². The molecule has 3 aliphatic rings. The zero-order valence-electron chi connectivity index (χ0n) is 66.0.